The molecular weight excluding hydrogens is 334 g/mol. The van der Waals surface area contributed by atoms with Crippen molar-refractivity contribution in [3.63, 3.8) is 0 Å². The summed E-state index contributed by atoms with van der Waals surface area (Å²) in [6, 6.07) is 8.00. The molecule has 2 aliphatic carbocycles. The predicted octanol–water partition coefficient (Wildman–Crippen LogP) is 3.58. The summed E-state index contributed by atoms with van der Waals surface area (Å²) in [6.45, 7) is 2.06. The smallest absolute Gasteiger partial charge is 0.258 e. The van der Waals surface area contributed by atoms with E-state index in [4.69, 9.17) is 0 Å². The summed E-state index contributed by atoms with van der Waals surface area (Å²) >= 11 is 1.63. The van der Waals surface area contributed by atoms with Crippen LogP contribution in [0, 0.1) is 0 Å². The number of hydrogen-bond acceptors (Lipinski definition) is 5. The van der Waals surface area contributed by atoms with Crippen LogP contribution in [0.25, 0.3) is 10.9 Å². The van der Waals surface area contributed by atoms with Gasteiger partial charge in [-0.2, -0.15) is 0 Å². The Balaban J connectivity index is 1.48. The van der Waals surface area contributed by atoms with E-state index in [9.17, 15) is 4.79 Å². The Morgan fingerprint density at radius 1 is 1.20 bits per heavy atom. The number of benzene rings is 1. The highest BCUT2D eigenvalue weighted by molar-refractivity contribution is 7.99. The van der Waals surface area contributed by atoms with E-state index in [2.05, 4.69) is 31.7 Å². The number of rotatable bonds is 5. The first kappa shape index (κ1) is 15.1. The third-order valence-electron chi connectivity index (χ3n) is 4.84. The fourth-order valence-corrected chi connectivity index (χ4v) is 4.16. The lowest BCUT2D eigenvalue weighted by Gasteiger charge is -2.13. The second kappa shape index (κ2) is 5.69. The standard InChI is InChI=1S/C18H19N5OS/c1-10(15-19-14-5-3-2-4-13(14)17(24)20-15)25-18-22-21-16(11-6-7-11)23(18)12-8-9-12/h2-5,10-12H,6-9H2,1H3,(H,19,20,24)/t10-/m0/s1. The van der Waals surface area contributed by atoms with Gasteiger partial charge in [-0.1, -0.05) is 23.9 Å². The van der Waals surface area contributed by atoms with Crippen LogP contribution in [0.1, 0.15) is 61.5 Å². The molecule has 0 aliphatic heterocycles. The maximum Gasteiger partial charge on any atom is 0.258 e. The van der Waals surface area contributed by atoms with Gasteiger partial charge in [0.15, 0.2) is 5.16 Å². The number of fused-ring (bicyclic) bond motifs is 1. The third-order valence-corrected chi connectivity index (χ3v) is 5.91. The number of para-hydroxylation sites is 1. The van der Waals surface area contributed by atoms with Crippen LogP contribution in [0.4, 0.5) is 0 Å². The first-order chi connectivity index (χ1) is 12.2. The Morgan fingerprint density at radius 3 is 2.76 bits per heavy atom. The molecule has 2 aliphatic rings. The lowest BCUT2D eigenvalue weighted by atomic mass is 10.2. The summed E-state index contributed by atoms with van der Waals surface area (Å²) < 4.78 is 2.33. The molecular formula is C18H19N5OS. The largest absolute Gasteiger partial charge is 0.309 e. The minimum Gasteiger partial charge on any atom is -0.309 e. The van der Waals surface area contributed by atoms with Gasteiger partial charge in [0.05, 0.1) is 16.2 Å². The number of nitrogens with one attached hydrogen (secondary N) is 1. The monoisotopic (exact) mass is 353 g/mol. The topological polar surface area (TPSA) is 76.5 Å². The summed E-state index contributed by atoms with van der Waals surface area (Å²) in [6.07, 6.45) is 4.88. The van der Waals surface area contributed by atoms with Gasteiger partial charge >= 0.3 is 0 Å². The van der Waals surface area contributed by atoms with Gasteiger partial charge in [-0.15, -0.1) is 10.2 Å². The van der Waals surface area contributed by atoms with Crippen LogP contribution in [0.3, 0.4) is 0 Å². The molecule has 0 bridgehead atoms. The van der Waals surface area contributed by atoms with Gasteiger partial charge in [0, 0.05) is 12.0 Å². The van der Waals surface area contributed by atoms with Crippen LogP contribution in [0.15, 0.2) is 34.2 Å². The van der Waals surface area contributed by atoms with Crippen molar-refractivity contribution < 1.29 is 0 Å². The fourth-order valence-electron chi connectivity index (χ4n) is 3.18. The molecule has 0 spiro atoms. The SMILES string of the molecule is C[C@H](Sc1nnc(C2CC2)n1C1CC1)c1nc2ccccc2c(=O)[nH]1. The summed E-state index contributed by atoms with van der Waals surface area (Å²) in [5.41, 5.74) is 0.645. The van der Waals surface area contributed by atoms with Gasteiger partial charge in [-0.05, 0) is 44.7 Å². The zero-order valence-electron chi connectivity index (χ0n) is 14.0. The molecule has 0 unspecified atom stereocenters. The van der Waals surface area contributed by atoms with Crippen molar-refractivity contribution in [2.75, 3.05) is 0 Å². The number of thioether (sulfide) groups is 1. The maximum absolute atomic E-state index is 12.3. The first-order valence-electron chi connectivity index (χ1n) is 8.81. The molecule has 0 radical (unpaired) electrons. The highest BCUT2D eigenvalue weighted by Crippen LogP contribution is 2.47. The van der Waals surface area contributed by atoms with E-state index >= 15 is 0 Å². The van der Waals surface area contributed by atoms with E-state index in [1.165, 1.54) is 25.7 Å². The van der Waals surface area contributed by atoms with Gasteiger partial charge in [0.25, 0.3) is 5.56 Å². The molecule has 128 valence electrons. The quantitative estimate of drug-likeness (QED) is 0.710. The van der Waals surface area contributed by atoms with E-state index in [1.807, 2.05) is 18.2 Å². The molecule has 2 fully saturated rings. The Hall–Kier alpha value is -2.15. The van der Waals surface area contributed by atoms with Gasteiger partial charge in [-0.25, -0.2) is 4.98 Å². The average molecular weight is 353 g/mol. The van der Waals surface area contributed by atoms with Crippen LogP contribution in [-0.2, 0) is 0 Å². The van der Waals surface area contributed by atoms with Crippen molar-refractivity contribution in [3.05, 3.63) is 46.3 Å². The average Bonchev–Trinajstić information content (AvgIpc) is 3.54. The van der Waals surface area contributed by atoms with Crippen LogP contribution in [-0.4, -0.2) is 24.7 Å². The molecule has 25 heavy (non-hydrogen) atoms. The lowest BCUT2D eigenvalue weighted by Crippen LogP contribution is -2.13. The van der Waals surface area contributed by atoms with E-state index in [0.717, 1.165) is 16.5 Å². The Kier molecular flexibility index (Phi) is 3.45. The summed E-state index contributed by atoms with van der Waals surface area (Å²) in [5.74, 6) is 2.43. The number of H-pyrrole nitrogens is 1. The second-order valence-corrected chi connectivity index (χ2v) is 8.25. The van der Waals surface area contributed by atoms with E-state index in [0.29, 0.717) is 23.2 Å². The summed E-state index contributed by atoms with van der Waals surface area (Å²) in [4.78, 5) is 19.9. The molecule has 2 saturated carbocycles. The minimum atomic E-state index is -0.0876. The fraction of sp³-hybridized carbons (Fsp3) is 0.444. The highest BCUT2D eigenvalue weighted by atomic mass is 32.2. The molecule has 2 aromatic heterocycles. The molecule has 2 heterocycles. The number of hydrogen-bond donors (Lipinski definition) is 1. The van der Waals surface area contributed by atoms with Crippen LogP contribution in [0.5, 0.6) is 0 Å². The normalized spacial score (nSPS) is 18.6. The van der Waals surface area contributed by atoms with Crippen molar-refractivity contribution in [2.24, 2.45) is 0 Å². The van der Waals surface area contributed by atoms with Gasteiger partial charge in [0.2, 0.25) is 0 Å². The molecule has 6 nitrogen and oxygen atoms in total. The molecule has 1 aromatic carbocycles. The summed E-state index contributed by atoms with van der Waals surface area (Å²) in [5, 5.41) is 10.5. The highest BCUT2D eigenvalue weighted by Gasteiger charge is 2.36. The number of aromatic amines is 1. The number of aromatic nitrogens is 5. The van der Waals surface area contributed by atoms with Crippen molar-refractivity contribution in [2.45, 2.75) is 55.0 Å². The summed E-state index contributed by atoms with van der Waals surface area (Å²) in [7, 11) is 0. The van der Waals surface area contributed by atoms with Crippen molar-refractivity contribution in [3.8, 4) is 0 Å². The van der Waals surface area contributed by atoms with E-state index in [-0.39, 0.29) is 10.8 Å². The Morgan fingerprint density at radius 2 is 2.00 bits per heavy atom. The van der Waals surface area contributed by atoms with Gasteiger partial charge < -0.3 is 9.55 Å². The molecule has 1 atom stereocenters. The van der Waals surface area contributed by atoms with Crippen LogP contribution >= 0.6 is 11.8 Å². The van der Waals surface area contributed by atoms with Gasteiger partial charge in [0.1, 0.15) is 11.6 Å². The molecule has 5 rings (SSSR count). The minimum absolute atomic E-state index is 0.00561. The van der Waals surface area contributed by atoms with Crippen molar-refractivity contribution >= 4 is 22.7 Å². The Bertz CT molecular complexity index is 1000. The zero-order valence-corrected chi connectivity index (χ0v) is 14.8. The number of nitrogens with zero attached hydrogens (tertiary/aromatic N) is 4. The molecule has 1 N–H and O–H groups in total. The van der Waals surface area contributed by atoms with Crippen LogP contribution in [0.2, 0.25) is 0 Å². The molecule has 0 amide bonds. The van der Waals surface area contributed by atoms with E-state index < -0.39 is 0 Å². The van der Waals surface area contributed by atoms with Crippen molar-refractivity contribution in [1.82, 2.24) is 24.7 Å². The second-order valence-electron chi connectivity index (χ2n) is 6.94. The Labute approximate surface area is 149 Å². The molecule has 0 saturated heterocycles. The predicted molar refractivity (Wildman–Crippen MR) is 96.9 cm³/mol. The van der Waals surface area contributed by atoms with Gasteiger partial charge in [-0.3, -0.25) is 4.79 Å². The third kappa shape index (κ3) is 2.76. The molecule has 7 heteroatoms. The van der Waals surface area contributed by atoms with E-state index in [1.54, 1.807) is 17.8 Å². The lowest BCUT2D eigenvalue weighted by molar-refractivity contribution is 0.625. The van der Waals surface area contributed by atoms with Crippen LogP contribution < -0.4 is 5.56 Å². The first-order valence-corrected chi connectivity index (χ1v) is 9.69. The zero-order chi connectivity index (χ0) is 17.0. The maximum atomic E-state index is 12.3. The molecule has 3 aromatic rings. The van der Waals surface area contributed by atoms with Crippen molar-refractivity contribution in [1.29, 1.82) is 0 Å².